The zero-order valence-electron chi connectivity index (χ0n) is 8.69. The van der Waals surface area contributed by atoms with Crippen LogP contribution in [-0.4, -0.2) is 18.2 Å². The van der Waals surface area contributed by atoms with Gasteiger partial charge in [-0.25, -0.2) is 4.39 Å². The summed E-state index contributed by atoms with van der Waals surface area (Å²) in [5, 5.41) is 0. The summed E-state index contributed by atoms with van der Waals surface area (Å²) in [4.78, 5) is 0.846. The van der Waals surface area contributed by atoms with Gasteiger partial charge in [0.15, 0.2) is 0 Å². The standard InChI is InChI=1S/C10H10F4S2/c1-6-3-7(11)9(15-2)4-8(6)16-5-10(12,13)14/h3-4H,5H2,1-2H3. The van der Waals surface area contributed by atoms with E-state index in [4.69, 9.17) is 0 Å². The Bertz CT molecular complexity index is 374. The van der Waals surface area contributed by atoms with Crippen molar-refractivity contribution in [1.82, 2.24) is 0 Å². The highest BCUT2D eigenvalue weighted by molar-refractivity contribution is 7.99. The Balaban J connectivity index is 2.88. The van der Waals surface area contributed by atoms with Crippen LogP contribution in [0.25, 0.3) is 0 Å². The maximum atomic E-state index is 13.3. The summed E-state index contributed by atoms with van der Waals surface area (Å²) >= 11 is 1.87. The molecule has 0 saturated heterocycles. The predicted octanol–water partition coefficient (Wildman–Crippen LogP) is 4.51. The smallest absolute Gasteiger partial charge is 0.206 e. The Morgan fingerprint density at radius 3 is 2.31 bits per heavy atom. The normalized spacial score (nSPS) is 11.9. The second-order valence-corrected chi connectivity index (χ2v) is 5.02. The van der Waals surface area contributed by atoms with Crippen LogP contribution in [0.5, 0.6) is 0 Å². The van der Waals surface area contributed by atoms with Gasteiger partial charge in [-0.1, -0.05) is 0 Å². The lowest BCUT2D eigenvalue weighted by Crippen LogP contribution is -2.10. The third kappa shape index (κ3) is 3.90. The Labute approximate surface area is 99.8 Å². The molecule has 0 aliphatic heterocycles. The van der Waals surface area contributed by atoms with Gasteiger partial charge in [-0.15, -0.1) is 23.5 Å². The van der Waals surface area contributed by atoms with Crippen molar-refractivity contribution < 1.29 is 17.6 Å². The van der Waals surface area contributed by atoms with Crippen molar-refractivity contribution in [3.63, 3.8) is 0 Å². The average Bonchev–Trinajstić information content (AvgIpc) is 2.15. The van der Waals surface area contributed by atoms with Gasteiger partial charge in [0.05, 0.1) is 5.75 Å². The van der Waals surface area contributed by atoms with Crippen LogP contribution in [0.3, 0.4) is 0 Å². The van der Waals surface area contributed by atoms with Gasteiger partial charge in [-0.2, -0.15) is 13.2 Å². The molecule has 0 saturated carbocycles. The highest BCUT2D eigenvalue weighted by Crippen LogP contribution is 2.33. The summed E-state index contributed by atoms with van der Waals surface area (Å²) in [6.45, 7) is 1.60. The molecule has 0 heterocycles. The fraction of sp³-hybridized carbons (Fsp3) is 0.400. The molecule has 0 atom stereocenters. The minimum atomic E-state index is -4.20. The van der Waals surface area contributed by atoms with Crippen LogP contribution in [-0.2, 0) is 0 Å². The van der Waals surface area contributed by atoms with Crippen molar-refractivity contribution in [1.29, 1.82) is 0 Å². The van der Waals surface area contributed by atoms with E-state index in [2.05, 4.69) is 0 Å². The Morgan fingerprint density at radius 2 is 1.81 bits per heavy atom. The highest BCUT2D eigenvalue weighted by atomic mass is 32.2. The molecule has 0 radical (unpaired) electrons. The van der Waals surface area contributed by atoms with E-state index >= 15 is 0 Å². The van der Waals surface area contributed by atoms with Gasteiger partial charge in [-0.3, -0.25) is 0 Å². The summed E-state index contributed by atoms with van der Waals surface area (Å²) in [5.74, 6) is -1.34. The Hall–Kier alpha value is -0.360. The van der Waals surface area contributed by atoms with E-state index < -0.39 is 11.9 Å². The van der Waals surface area contributed by atoms with Gasteiger partial charge in [0, 0.05) is 9.79 Å². The van der Waals surface area contributed by atoms with Crippen molar-refractivity contribution in [2.45, 2.75) is 22.9 Å². The number of benzene rings is 1. The molecule has 90 valence electrons. The van der Waals surface area contributed by atoms with Crippen molar-refractivity contribution in [2.75, 3.05) is 12.0 Å². The monoisotopic (exact) mass is 270 g/mol. The van der Waals surface area contributed by atoms with Crippen molar-refractivity contribution in [3.05, 3.63) is 23.5 Å². The number of hydrogen-bond donors (Lipinski definition) is 0. The molecule has 0 bridgehead atoms. The van der Waals surface area contributed by atoms with E-state index in [0.717, 1.165) is 0 Å². The lowest BCUT2D eigenvalue weighted by molar-refractivity contribution is -0.105. The van der Waals surface area contributed by atoms with Gasteiger partial charge in [0.2, 0.25) is 0 Å². The zero-order chi connectivity index (χ0) is 12.3. The van der Waals surface area contributed by atoms with E-state index in [1.54, 1.807) is 13.2 Å². The maximum absolute atomic E-state index is 13.3. The van der Waals surface area contributed by atoms with E-state index in [-0.39, 0.29) is 5.82 Å². The minimum Gasteiger partial charge on any atom is -0.206 e. The second-order valence-electron chi connectivity index (χ2n) is 3.16. The predicted molar refractivity (Wildman–Crippen MR) is 59.7 cm³/mol. The number of thioether (sulfide) groups is 2. The molecular weight excluding hydrogens is 260 g/mol. The number of rotatable bonds is 3. The SMILES string of the molecule is CSc1cc(SCC(F)(F)F)c(C)cc1F. The van der Waals surface area contributed by atoms with Crippen molar-refractivity contribution in [3.8, 4) is 0 Å². The first-order valence-corrected chi connectivity index (χ1v) is 6.58. The number of hydrogen-bond acceptors (Lipinski definition) is 2. The molecule has 16 heavy (non-hydrogen) atoms. The maximum Gasteiger partial charge on any atom is 0.398 e. The van der Waals surface area contributed by atoms with Crippen LogP contribution < -0.4 is 0 Å². The highest BCUT2D eigenvalue weighted by Gasteiger charge is 2.27. The lowest BCUT2D eigenvalue weighted by Gasteiger charge is -2.10. The van der Waals surface area contributed by atoms with Crippen LogP contribution in [0.1, 0.15) is 5.56 Å². The number of alkyl halides is 3. The topological polar surface area (TPSA) is 0 Å². The molecule has 6 heteroatoms. The zero-order valence-corrected chi connectivity index (χ0v) is 10.3. The minimum absolute atomic E-state index is 0.371. The molecule has 0 aliphatic rings. The van der Waals surface area contributed by atoms with Gasteiger partial charge in [-0.05, 0) is 30.9 Å². The fourth-order valence-electron chi connectivity index (χ4n) is 1.11. The van der Waals surface area contributed by atoms with Gasteiger partial charge in [0.25, 0.3) is 0 Å². The molecule has 0 aliphatic carbocycles. The third-order valence-corrected chi connectivity index (χ3v) is 3.82. The first-order chi connectivity index (χ1) is 7.33. The van der Waals surface area contributed by atoms with Crippen LogP contribution >= 0.6 is 23.5 Å². The van der Waals surface area contributed by atoms with E-state index in [1.807, 2.05) is 0 Å². The fourth-order valence-corrected chi connectivity index (χ4v) is 2.48. The number of aryl methyl sites for hydroxylation is 1. The van der Waals surface area contributed by atoms with E-state index in [0.29, 0.717) is 27.1 Å². The Morgan fingerprint density at radius 1 is 1.19 bits per heavy atom. The summed E-state index contributed by atoms with van der Waals surface area (Å²) in [6.07, 6.45) is -2.52. The summed E-state index contributed by atoms with van der Waals surface area (Å²) in [5.41, 5.74) is 0.532. The summed E-state index contributed by atoms with van der Waals surface area (Å²) < 4.78 is 49.4. The molecule has 0 unspecified atom stereocenters. The molecular formula is C10H10F4S2. The largest absolute Gasteiger partial charge is 0.398 e. The van der Waals surface area contributed by atoms with Gasteiger partial charge >= 0.3 is 6.18 Å². The molecule has 1 aromatic rings. The molecule has 1 aromatic carbocycles. The lowest BCUT2D eigenvalue weighted by atomic mass is 10.2. The van der Waals surface area contributed by atoms with Crippen LogP contribution in [0.4, 0.5) is 17.6 Å². The summed E-state index contributed by atoms with van der Waals surface area (Å²) in [7, 11) is 0. The van der Waals surface area contributed by atoms with Gasteiger partial charge in [0.1, 0.15) is 5.82 Å². The molecule has 0 amide bonds. The van der Waals surface area contributed by atoms with Crippen molar-refractivity contribution >= 4 is 23.5 Å². The molecule has 0 spiro atoms. The first-order valence-electron chi connectivity index (χ1n) is 4.37. The van der Waals surface area contributed by atoms with Crippen LogP contribution in [0.2, 0.25) is 0 Å². The van der Waals surface area contributed by atoms with E-state index in [9.17, 15) is 17.6 Å². The molecule has 0 fully saturated rings. The van der Waals surface area contributed by atoms with Gasteiger partial charge < -0.3 is 0 Å². The van der Waals surface area contributed by atoms with Crippen molar-refractivity contribution in [2.24, 2.45) is 0 Å². The summed E-state index contributed by atoms with van der Waals surface area (Å²) in [6, 6.07) is 2.73. The molecule has 0 nitrogen and oxygen atoms in total. The first kappa shape index (κ1) is 13.7. The third-order valence-electron chi connectivity index (χ3n) is 1.84. The molecule has 0 N–H and O–H groups in total. The molecule has 1 rings (SSSR count). The molecule has 0 aromatic heterocycles. The van der Waals surface area contributed by atoms with Crippen LogP contribution in [0, 0.1) is 12.7 Å². The second kappa shape index (κ2) is 5.31. The number of halogens is 4. The van der Waals surface area contributed by atoms with E-state index in [1.165, 1.54) is 23.9 Å². The quantitative estimate of drug-likeness (QED) is 0.585. The Kier molecular flexibility index (Phi) is 4.55. The van der Waals surface area contributed by atoms with Crippen LogP contribution in [0.15, 0.2) is 21.9 Å². The average molecular weight is 270 g/mol.